The Kier molecular flexibility index (Phi) is 5.75. The molecule has 1 rings (SSSR count). The van der Waals surface area contributed by atoms with E-state index in [9.17, 15) is 14.7 Å². The molecule has 2 amide bonds. The monoisotopic (exact) mass is 312 g/mol. The summed E-state index contributed by atoms with van der Waals surface area (Å²) >= 11 is 5.94. The molecule has 0 aromatic heterocycles. The molecule has 1 atom stereocenters. The van der Waals surface area contributed by atoms with Crippen LogP contribution in [0.3, 0.4) is 0 Å². The first-order valence-corrected chi connectivity index (χ1v) is 7.02. The topological polar surface area (TPSA) is 78.4 Å². The lowest BCUT2D eigenvalue weighted by atomic mass is 9.89. The number of carbonyl (C=O) groups is 2. The van der Waals surface area contributed by atoms with Crippen LogP contribution >= 0.6 is 11.6 Å². The van der Waals surface area contributed by atoms with Crippen molar-refractivity contribution in [1.82, 2.24) is 5.32 Å². The van der Waals surface area contributed by atoms with Crippen molar-refractivity contribution in [2.24, 2.45) is 5.41 Å². The van der Waals surface area contributed by atoms with Gasteiger partial charge < -0.3 is 15.7 Å². The summed E-state index contributed by atoms with van der Waals surface area (Å²) in [6.07, 6.45) is -0.733. The van der Waals surface area contributed by atoms with Crippen LogP contribution in [0, 0.1) is 12.3 Å². The van der Waals surface area contributed by atoms with Crippen LogP contribution in [0.25, 0.3) is 0 Å². The van der Waals surface area contributed by atoms with Crippen LogP contribution in [0.15, 0.2) is 18.2 Å². The third-order valence-electron chi connectivity index (χ3n) is 3.09. The largest absolute Gasteiger partial charge is 0.391 e. The number of benzene rings is 1. The number of carbonyl (C=O) groups excluding carboxylic acids is 2. The lowest BCUT2D eigenvalue weighted by Gasteiger charge is -2.25. The number of nitrogens with one attached hydrogen (secondary N) is 2. The number of halogens is 1. The Labute approximate surface area is 129 Å². The highest BCUT2D eigenvalue weighted by Crippen LogP contribution is 2.20. The van der Waals surface area contributed by atoms with Gasteiger partial charge >= 0.3 is 11.8 Å². The van der Waals surface area contributed by atoms with Crippen LogP contribution in [-0.2, 0) is 9.59 Å². The first kappa shape index (κ1) is 17.5. The molecule has 0 aliphatic heterocycles. The molecule has 0 saturated heterocycles. The van der Waals surface area contributed by atoms with E-state index in [-0.39, 0.29) is 12.0 Å². The highest BCUT2D eigenvalue weighted by Gasteiger charge is 2.23. The molecular formula is C15H21ClN2O3. The van der Waals surface area contributed by atoms with E-state index in [4.69, 9.17) is 11.6 Å². The average Bonchev–Trinajstić information content (AvgIpc) is 2.38. The van der Waals surface area contributed by atoms with Crippen molar-refractivity contribution in [3.63, 3.8) is 0 Å². The maximum absolute atomic E-state index is 11.7. The van der Waals surface area contributed by atoms with Crippen LogP contribution in [0.5, 0.6) is 0 Å². The second-order valence-corrected chi connectivity index (χ2v) is 6.42. The number of aliphatic hydroxyl groups excluding tert-OH is 1. The molecule has 3 N–H and O–H groups in total. The third-order valence-corrected chi connectivity index (χ3v) is 3.50. The van der Waals surface area contributed by atoms with Gasteiger partial charge in [0.1, 0.15) is 0 Å². The molecule has 1 unspecified atom stereocenters. The molecule has 0 saturated carbocycles. The van der Waals surface area contributed by atoms with Crippen molar-refractivity contribution in [3.8, 4) is 0 Å². The van der Waals surface area contributed by atoms with Crippen LogP contribution in [0.1, 0.15) is 26.3 Å². The minimum Gasteiger partial charge on any atom is -0.391 e. The molecule has 1 aromatic rings. The average molecular weight is 313 g/mol. The molecular weight excluding hydrogens is 292 g/mol. The fourth-order valence-corrected chi connectivity index (χ4v) is 1.61. The van der Waals surface area contributed by atoms with Gasteiger partial charge in [-0.25, -0.2) is 0 Å². The van der Waals surface area contributed by atoms with Crippen molar-refractivity contribution >= 4 is 29.1 Å². The van der Waals surface area contributed by atoms with Crippen molar-refractivity contribution in [2.45, 2.75) is 33.8 Å². The molecule has 0 heterocycles. The van der Waals surface area contributed by atoms with Gasteiger partial charge in [-0.15, -0.1) is 0 Å². The SMILES string of the molecule is Cc1ccc(NC(=O)C(=O)NCC(O)C(C)(C)C)cc1Cl. The van der Waals surface area contributed by atoms with Gasteiger partial charge in [0.15, 0.2) is 0 Å². The number of aliphatic hydroxyl groups is 1. The number of hydrogen-bond donors (Lipinski definition) is 3. The van der Waals surface area contributed by atoms with Crippen molar-refractivity contribution in [3.05, 3.63) is 28.8 Å². The van der Waals surface area contributed by atoms with Crippen LogP contribution in [0.4, 0.5) is 5.69 Å². The van der Waals surface area contributed by atoms with E-state index < -0.39 is 17.9 Å². The summed E-state index contributed by atoms with van der Waals surface area (Å²) in [4.78, 5) is 23.4. The van der Waals surface area contributed by atoms with Gasteiger partial charge in [-0.3, -0.25) is 9.59 Å². The van der Waals surface area contributed by atoms with Crippen LogP contribution in [-0.4, -0.2) is 29.6 Å². The number of hydrogen-bond acceptors (Lipinski definition) is 3. The summed E-state index contributed by atoms with van der Waals surface area (Å²) in [5.41, 5.74) is 0.961. The minimum atomic E-state index is -0.796. The number of anilines is 1. The molecule has 0 fully saturated rings. The Hall–Kier alpha value is -1.59. The summed E-state index contributed by atoms with van der Waals surface area (Å²) in [6.45, 7) is 7.40. The highest BCUT2D eigenvalue weighted by molar-refractivity contribution is 6.39. The molecule has 116 valence electrons. The van der Waals surface area contributed by atoms with E-state index in [1.807, 2.05) is 27.7 Å². The van der Waals surface area contributed by atoms with E-state index in [0.29, 0.717) is 10.7 Å². The normalized spacial score (nSPS) is 12.7. The molecule has 0 radical (unpaired) electrons. The predicted octanol–water partition coefficient (Wildman–Crippen LogP) is 2.11. The van der Waals surface area contributed by atoms with E-state index in [1.54, 1.807) is 18.2 Å². The second-order valence-electron chi connectivity index (χ2n) is 6.01. The van der Waals surface area contributed by atoms with Gasteiger partial charge in [-0.2, -0.15) is 0 Å². The lowest BCUT2D eigenvalue weighted by Crippen LogP contribution is -2.43. The fraction of sp³-hybridized carbons (Fsp3) is 0.467. The zero-order valence-electron chi connectivity index (χ0n) is 12.7. The van der Waals surface area contributed by atoms with Gasteiger partial charge in [0, 0.05) is 17.3 Å². The van der Waals surface area contributed by atoms with Crippen LogP contribution in [0.2, 0.25) is 5.02 Å². The van der Waals surface area contributed by atoms with Gasteiger partial charge in [0.05, 0.1) is 6.10 Å². The molecule has 0 aliphatic rings. The number of aryl methyl sites for hydroxylation is 1. The Balaban J connectivity index is 2.55. The van der Waals surface area contributed by atoms with E-state index in [2.05, 4.69) is 10.6 Å². The summed E-state index contributed by atoms with van der Waals surface area (Å²) in [5, 5.41) is 15.2. The van der Waals surface area contributed by atoms with E-state index in [0.717, 1.165) is 5.56 Å². The van der Waals surface area contributed by atoms with E-state index in [1.165, 1.54) is 0 Å². The molecule has 0 spiro atoms. The smallest absolute Gasteiger partial charge is 0.313 e. The van der Waals surface area contributed by atoms with Crippen molar-refractivity contribution in [1.29, 1.82) is 0 Å². The fourth-order valence-electron chi connectivity index (χ4n) is 1.43. The zero-order valence-corrected chi connectivity index (χ0v) is 13.4. The molecule has 21 heavy (non-hydrogen) atoms. The molecule has 0 aliphatic carbocycles. The summed E-state index contributed by atoms with van der Waals surface area (Å²) in [6, 6.07) is 4.99. The third kappa shape index (κ3) is 5.36. The summed E-state index contributed by atoms with van der Waals surface area (Å²) in [5.74, 6) is -1.59. The quantitative estimate of drug-likeness (QED) is 0.748. The van der Waals surface area contributed by atoms with Crippen LogP contribution < -0.4 is 10.6 Å². The maximum atomic E-state index is 11.7. The first-order chi connectivity index (χ1) is 9.61. The van der Waals surface area contributed by atoms with Gasteiger partial charge in [0.2, 0.25) is 0 Å². The molecule has 0 bridgehead atoms. The summed E-state index contributed by atoms with van der Waals surface area (Å²) in [7, 11) is 0. The Bertz CT molecular complexity index is 538. The number of rotatable bonds is 3. The van der Waals surface area contributed by atoms with Gasteiger partial charge in [-0.05, 0) is 30.0 Å². The minimum absolute atomic E-state index is 0.0183. The lowest BCUT2D eigenvalue weighted by molar-refractivity contribution is -0.136. The molecule has 1 aromatic carbocycles. The second kappa shape index (κ2) is 6.91. The molecule has 5 nitrogen and oxygen atoms in total. The highest BCUT2D eigenvalue weighted by atomic mass is 35.5. The summed E-state index contributed by atoms with van der Waals surface area (Å²) < 4.78 is 0. The molecule has 6 heteroatoms. The standard InChI is InChI=1S/C15H21ClN2O3/c1-9-5-6-10(7-11(9)16)18-14(21)13(20)17-8-12(19)15(2,3)4/h5-7,12,19H,8H2,1-4H3,(H,17,20)(H,18,21). The Morgan fingerprint density at radius 3 is 2.43 bits per heavy atom. The van der Waals surface area contributed by atoms with E-state index >= 15 is 0 Å². The number of amides is 2. The zero-order chi connectivity index (χ0) is 16.2. The Morgan fingerprint density at radius 2 is 1.90 bits per heavy atom. The Morgan fingerprint density at radius 1 is 1.29 bits per heavy atom. The van der Waals surface area contributed by atoms with Gasteiger partial charge in [-0.1, -0.05) is 38.4 Å². The first-order valence-electron chi connectivity index (χ1n) is 6.64. The van der Waals surface area contributed by atoms with Crippen molar-refractivity contribution < 1.29 is 14.7 Å². The maximum Gasteiger partial charge on any atom is 0.313 e. The van der Waals surface area contributed by atoms with Gasteiger partial charge in [0.25, 0.3) is 0 Å². The predicted molar refractivity (Wildman–Crippen MR) is 83.3 cm³/mol. The van der Waals surface area contributed by atoms with Crippen molar-refractivity contribution in [2.75, 3.05) is 11.9 Å².